The summed E-state index contributed by atoms with van der Waals surface area (Å²) in [5.74, 6) is -2.86. The minimum Gasteiger partial charge on any atom is -0.373 e. The van der Waals surface area contributed by atoms with Crippen LogP contribution in [0.2, 0.25) is 0 Å². The first-order valence-electron chi connectivity index (χ1n) is 8.03. The molecule has 146 valence electrons. The van der Waals surface area contributed by atoms with Gasteiger partial charge in [0.15, 0.2) is 0 Å². The quantitative estimate of drug-likeness (QED) is 0.804. The molecule has 1 aromatic heterocycles. The van der Waals surface area contributed by atoms with Crippen LogP contribution in [-0.4, -0.2) is 43.8 Å². The van der Waals surface area contributed by atoms with E-state index in [2.05, 4.69) is 4.98 Å². The summed E-state index contributed by atoms with van der Waals surface area (Å²) in [4.78, 5) is 17.2. The van der Waals surface area contributed by atoms with Gasteiger partial charge in [-0.2, -0.15) is 13.2 Å². The molecular weight excluding hydrogens is 373 g/mol. The van der Waals surface area contributed by atoms with Crippen molar-refractivity contribution in [2.75, 3.05) is 6.54 Å². The summed E-state index contributed by atoms with van der Waals surface area (Å²) in [6.07, 6.45) is -3.80. The number of aromatic nitrogens is 2. The molecule has 27 heavy (non-hydrogen) atoms. The summed E-state index contributed by atoms with van der Waals surface area (Å²) in [5.41, 5.74) is -3.10. The van der Waals surface area contributed by atoms with E-state index in [0.29, 0.717) is 18.7 Å². The van der Waals surface area contributed by atoms with Crippen LogP contribution in [-0.2, 0) is 11.3 Å². The van der Waals surface area contributed by atoms with Crippen LogP contribution >= 0.6 is 0 Å². The van der Waals surface area contributed by atoms with E-state index >= 15 is 0 Å². The summed E-state index contributed by atoms with van der Waals surface area (Å²) in [6.45, 7) is 1.67. The number of alkyl halides is 3. The largest absolute Gasteiger partial charge is 0.426 e. The van der Waals surface area contributed by atoms with Crippen molar-refractivity contribution in [3.8, 4) is 11.4 Å². The molecule has 1 aliphatic heterocycles. The van der Waals surface area contributed by atoms with E-state index in [0.717, 1.165) is 11.0 Å². The topological polar surface area (TPSA) is 58.4 Å². The smallest absolute Gasteiger partial charge is 0.373 e. The number of halogens is 5. The summed E-state index contributed by atoms with van der Waals surface area (Å²) in [6, 6.07) is 2.47. The normalized spacial score (nSPS) is 19.6. The van der Waals surface area contributed by atoms with E-state index in [1.165, 1.54) is 12.3 Å². The molecule has 0 radical (unpaired) electrons. The average molecular weight is 389 g/mol. The molecule has 2 aromatic rings. The van der Waals surface area contributed by atoms with Crippen LogP contribution in [0.1, 0.15) is 25.6 Å². The van der Waals surface area contributed by atoms with Gasteiger partial charge in [0.2, 0.25) is 5.60 Å². The number of aliphatic hydroxyl groups is 1. The maximum Gasteiger partial charge on any atom is 0.426 e. The zero-order valence-electron chi connectivity index (χ0n) is 14.4. The van der Waals surface area contributed by atoms with Crippen LogP contribution in [0.3, 0.4) is 0 Å². The summed E-state index contributed by atoms with van der Waals surface area (Å²) in [5, 5.41) is 9.63. The van der Waals surface area contributed by atoms with Crippen LogP contribution in [0.5, 0.6) is 0 Å². The molecule has 10 heteroatoms. The number of hydrogen-bond donors (Lipinski definition) is 1. The monoisotopic (exact) mass is 389 g/mol. The summed E-state index contributed by atoms with van der Waals surface area (Å²) >= 11 is 0. The molecule has 0 aliphatic carbocycles. The Balaban J connectivity index is 1.95. The first kappa shape index (κ1) is 19.3. The van der Waals surface area contributed by atoms with Crippen molar-refractivity contribution in [3.05, 3.63) is 41.7 Å². The fraction of sp³-hybridized carbons (Fsp3) is 0.412. The Kier molecular flexibility index (Phi) is 4.49. The molecule has 1 N–H and O–H groups in total. The molecule has 0 bridgehead atoms. The Morgan fingerprint density at radius 2 is 1.96 bits per heavy atom. The highest BCUT2D eigenvalue weighted by atomic mass is 19.4. The van der Waals surface area contributed by atoms with Crippen LogP contribution in [0.15, 0.2) is 24.4 Å². The van der Waals surface area contributed by atoms with Crippen molar-refractivity contribution in [1.82, 2.24) is 14.5 Å². The van der Waals surface area contributed by atoms with Gasteiger partial charge >= 0.3 is 6.18 Å². The second-order valence-corrected chi connectivity index (χ2v) is 6.67. The number of hydrogen-bond acceptors (Lipinski definition) is 3. The third-order valence-corrected chi connectivity index (χ3v) is 4.58. The number of nitrogens with zero attached hydrogens (tertiary/aromatic N) is 3. The predicted octanol–water partition coefficient (Wildman–Crippen LogP) is 3.04. The van der Waals surface area contributed by atoms with Gasteiger partial charge in [-0.05, 0) is 26.0 Å². The summed E-state index contributed by atoms with van der Waals surface area (Å²) < 4.78 is 67.6. The lowest BCUT2D eigenvalue weighted by atomic mass is 10.0. The Morgan fingerprint density at radius 3 is 2.56 bits per heavy atom. The molecule has 5 nitrogen and oxygen atoms in total. The Bertz CT molecular complexity index is 891. The van der Waals surface area contributed by atoms with Gasteiger partial charge in [0.05, 0.1) is 30.0 Å². The minimum atomic E-state index is -5.12. The number of fused-ring (bicyclic) bond motifs is 1. The number of carbonyl (C=O) groups is 1. The fourth-order valence-electron chi connectivity index (χ4n) is 3.12. The molecule has 2 heterocycles. The van der Waals surface area contributed by atoms with Crippen LogP contribution in [0.4, 0.5) is 22.0 Å². The van der Waals surface area contributed by atoms with Gasteiger partial charge in [-0.15, -0.1) is 0 Å². The highest BCUT2D eigenvalue weighted by Gasteiger charge is 2.57. The molecule has 1 aliphatic rings. The maximum absolute atomic E-state index is 14.1. The second-order valence-electron chi connectivity index (χ2n) is 6.67. The van der Waals surface area contributed by atoms with Gasteiger partial charge in [0.25, 0.3) is 5.91 Å². The van der Waals surface area contributed by atoms with E-state index in [1.807, 2.05) is 0 Å². The number of rotatable bonds is 2. The minimum absolute atomic E-state index is 0.0385. The first-order chi connectivity index (χ1) is 12.4. The Labute approximate surface area is 151 Å². The SMILES string of the molecule is C[C@H]1CN(C(=O)C(C)(O)C(F)(F)F)Cc2cnc(-c3ccc(F)cc3F)n21. The van der Waals surface area contributed by atoms with Crippen molar-refractivity contribution in [2.45, 2.75) is 38.2 Å². The molecular formula is C17H16F5N3O2. The molecule has 0 fully saturated rings. The van der Waals surface area contributed by atoms with Gasteiger partial charge in [0.1, 0.15) is 17.5 Å². The van der Waals surface area contributed by atoms with E-state index in [9.17, 15) is 31.9 Å². The standard InChI is InChI=1S/C17H16F5N3O2/c1-9-7-24(15(26)16(2,27)17(20,21)22)8-11-6-23-14(25(9)11)12-4-3-10(18)5-13(12)19/h3-6,9,27H,7-8H2,1-2H3/t9-,16?/m0/s1. The van der Waals surface area contributed by atoms with Gasteiger partial charge in [0, 0.05) is 12.6 Å². The highest BCUT2D eigenvalue weighted by Crippen LogP contribution is 2.35. The maximum atomic E-state index is 14.1. The number of imidazole rings is 1. The van der Waals surface area contributed by atoms with Crippen molar-refractivity contribution in [3.63, 3.8) is 0 Å². The average Bonchev–Trinajstić information content (AvgIpc) is 2.97. The van der Waals surface area contributed by atoms with E-state index in [1.54, 1.807) is 11.5 Å². The molecule has 1 aromatic carbocycles. The van der Waals surface area contributed by atoms with Crippen molar-refractivity contribution in [2.24, 2.45) is 0 Å². The Morgan fingerprint density at radius 1 is 1.30 bits per heavy atom. The highest BCUT2D eigenvalue weighted by molar-refractivity contribution is 5.85. The van der Waals surface area contributed by atoms with E-state index in [4.69, 9.17) is 0 Å². The lowest BCUT2D eigenvalue weighted by molar-refractivity contribution is -0.251. The molecule has 0 spiro atoms. The molecule has 2 atom stereocenters. The third kappa shape index (κ3) is 3.18. The predicted molar refractivity (Wildman–Crippen MR) is 84.4 cm³/mol. The molecule has 0 saturated carbocycles. The first-order valence-corrected chi connectivity index (χ1v) is 8.03. The number of benzene rings is 1. The third-order valence-electron chi connectivity index (χ3n) is 4.58. The van der Waals surface area contributed by atoms with Crippen molar-refractivity contribution < 1.29 is 31.9 Å². The van der Waals surface area contributed by atoms with Crippen LogP contribution in [0.25, 0.3) is 11.4 Å². The molecule has 3 rings (SSSR count). The second kappa shape index (κ2) is 6.29. The van der Waals surface area contributed by atoms with Crippen LogP contribution < -0.4 is 0 Å². The summed E-state index contributed by atoms with van der Waals surface area (Å²) in [7, 11) is 0. The van der Waals surface area contributed by atoms with E-state index < -0.39 is 35.4 Å². The molecule has 0 saturated heterocycles. The van der Waals surface area contributed by atoms with Crippen molar-refractivity contribution >= 4 is 5.91 Å². The molecule has 1 amide bonds. The van der Waals surface area contributed by atoms with Crippen LogP contribution in [0, 0.1) is 11.6 Å². The lowest BCUT2D eigenvalue weighted by Gasteiger charge is -2.37. The van der Waals surface area contributed by atoms with Gasteiger partial charge in [-0.3, -0.25) is 4.79 Å². The van der Waals surface area contributed by atoms with Crippen molar-refractivity contribution in [1.29, 1.82) is 0 Å². The lowest BCUT2D eigenvalue weighted by Crippen LogP contribution is -2.57. The zero-order chi connectivity index (χ0) is 20.1. The molecule has 1 unspecified atom stereocenters. The van der Waals surface area contributed by atoms with Gasteiger partial charge < -0.3 is 14.6 Å². The number of carbonyl (C=O) groups excluding carboxylic acids is 1. The zero-order valence-corrected chi connectivity index (χ0v) is 14.4. The number of amides is 1. The van der Waals surface area contributed by atoms with E-state index in [-0.39, 0.29) is 24.5 Å². The van der Waals surface area contributed by atoms with Gasteiger partial charge in [-0.1, -0.05) is 0 Å². The van der Waals surface area contributed by atoms with Gasteiger partial charge in [-0.25, -0.2) is 13.8 Å². The Hall–Kier alpha value is -2.49. The fourth-order valence-corrected chi connectivity index (χ4v) is 3.12.